The van der Waals surface area contributed by atoms with Crippen molar-refractivity contribution in [3.8, 4) is 6.01 Å². The minimum Gasteiger partial charge on any atom is -0.464 e. The van der Waals surface area contributed by atoms with Gasteiger partial charge in [0.1, 0.15) is 0 Å². The molecule has 2 N–H and O–H groups in total. The molecule has 0 radical (unpaired) electrons. The Morgan fingerprint density at radius 1 is 1.35 bits per heavy atom. The van der Waals surface area contributed by atoms with Crippen molar-refractivity contribution in [2.24, 2.45) is 5.92 Å². The van der Waals surface area contributed by atoms with Crippen molar-refractivity contribution < 1.29 is 4.74 Å². The van der Waals surface area contributed by atoms with Crippen molar-refractivity contribution in [1.29, 1.82) is 0 Å². The number of nitrogens with one attached hydrogen (secondary N) is 2. The molecule has 3 heterocycles. The van der Waals surface area contributed by atoms with E-state index in [1.54, 1.807) is 6.20 Å². The molecule has 17 heavy (non-hydrogen) atoms. The molecule has 90 valence electrons. The third-order valence-corrected chi connectivity index (χ3v) is 3.15. The van der Waals surface area contributed by atoms with Crippen LogP contribution in [0.3, 0.4) is 0 Å². The number of aromatic amines is 1. The Morgan fingerprint density at radius 2 is 2.24 bits per heavy atom. The smallest absolute Gasteiger partial charge is 0.296 e. The number of hydrogen-bond donors (Lipinski definition) is 2. The second-order valence-corrected chi connectivity index (χ2v) is 4.42. The van der Waals surface area contributed by atoms with Crippen LogP contribution in [0.4, 0.5) is 0 Å². The van der Waals surface area contributed by atoms with Crippen LogP contribution in [0.25, 0.3) is 11.2 Å². The van der Waals surface area contributed by atoms with Crippen molar-refractivity contribution >= 4 is 11.2 Å². The van der Waals surface area contributed by atoms with Crippen LogP contribution in [0.5, 0.6) is 6.01 Å². The first-order valence-electron chi connectivity index (χ1n) is 6.06. The van der Waals surface area contributed by atoms with Gasteiger partial charge in [0.25, 0.3) is 6.01 Å². The highest BCUT2D eigenvalue weighted by Gasteiger charge is 2.14. The first-order valence-corrected chi connectivity index (χ1v) is 6.06. The summed E-state index contributed by atoms with van der Waals surface area (Å²) in [6.07, 6.45) is 4.09. The third-order valence-electron chi connectivity index (χ3n) is 3.15. The molecule has 5 heteroatoms. The summed E-state index contributed by atoms with van der Waals surface area (Å²) in [6.45, 7) is 2.92. The van der Waals surface area contributed by atoms with Crippen molar-refractivity contribution in [2.75, 3.05) is 19.7 Å². The number of hydrogen-bond acceptors (Lipinski definition) is 4. The van der Waals surface area contributed by atoms with Crippen molar-refractivity contribution in [3.05, 3.63) is 18.3 Å². The van der Waals surface area contributed by atoms with Crippen molar-refractivity contribution in [2.45, 2.75) is 12.8 Å². The number of ether oxygens (including phenoxy) is 1. The van der Waals surface area contributed by atoms with E-state index in [4.69, 9.17) is 4.74 Å². The van der Waals surface area contributed by atoms with Gasteiger partial charge in [-0.15, -0.1) is 0 Å². The van der Waals surface area contributed by atoms with Crippen LogP contribution in [0.15, 0.2) is 18.3 Å². The van der Waals surface area contributed by atoms with E-state index < -0.39 is 0 Å². The lowest BCUT2D eigenvalue weighted by Gasteiger charge is -2.21. The summed E-state index contributed by atoms with van der Waals surface area (Å²) in [5, 5.41) is 3.35. The number of piperidine rings is 1. The number of aromatic nitrogens is 3. The Balaban J connectivity index is 1.64. The van der Waals surface area contributed by atoms with Crippen molar-refractivity contribution in [1.82, 2.24) is 20.3 Å². The highest BCUT2D eigenvalue weighted by Crippen LogP contribution is 2.16. The molecular formula is C12H16N4O. The number of H-pyrrole nitrogens is 1. The number of pyridine rings is 1. The second kappa shape index (κ2) is 4.71. The zero-order chi connectivity index (χ0) is 11.5. The largest absolute Gasteiger partial charge is 0.464 e. The van der Waals surface area contributed by atoms with Gasteiger partial charge < -0.3 is 15.0 Å². The van der Waals surface area contributed by atoms with Crippen LogP contribution in [0, 0.1) is 5.92 Å². The zero-order valence-electron chi connectivity index (χ0n) is 9.65. The first kappa shape index (κ1) is 10.5. The molecule has 2 aromatic heterocycles. The summed E-state index contributed by atoms with van der Waals surface area (Å²) in [4.78, 5) is 11.6. The fourth-order valence-electron chi connectivity index (χ4n) is 2.14. The quantitative estimate of drug-likeness (QED) is 0.838. The Bertz CT molecular complexity index is 457. The van der Waals surface area contributed by atoms with Gasteiger partial charge in [0.05, 0.1) is 12.1 Å². The van der Waals surface area contributed by atoms with Gasteiger partial charge in [0, 0.05) is 6.20 Å². The lowest BCUT2D eigenvalue weighted by molar-refractivity contribution is 0.204. The van der Waals surface area contributed by atoms with Crippen molar-refractivity contribution in [3.63, 3.8) is 0 Å². The van der Waals surface area contributed by atoms with Gasteiger partial charge in [0.15, 0.2) is 5.65 Å². The SMILES string of the molecule is c1cnc2nc(OCC3CCNCC3)[nH]c2c1. The highest BCUT2D eigenvalue weighted by atomic mass is 16.5. The third kappa shape index (κ3) is 2.39. The molecule has 1 aliphatic rings. The molecular weight excluding hydrogens is 216 g/mol. The van der Waals surface area contributed by atoms with E-state index in [1.165, 1.54) is 12.8 Å². The molecule has 0 unspecified atom stereocenters. The fraction of sp³-hybridized carbons (Fsp3) is 0.500. The predicted molar refractivity (Wildman–Crippen MR) is 65.0 cm³/mol. The van der Waals surface area contributed by atoms with E-state index in [0.717, 1.165) is 25.2 Å². The van der Waals surface area contributed by atoms with E-state index in [9.17, 15) is 0 Å². The van der Waals surface area contributed by atoms with Gasteiger partial charge in [-0.05, 0) is 44.0 Å². The van der Waals surface area contributed by atoms with Gasteiger partial charge in [-0.3, -0.25) is 0 Å². The summed E-state index contributed by atoms with van der Waals surface area (Å²) < 4.78 is 5.70. The predicted octanol–water partition coefficient (Wildman–Crippen LogP) is 1.34. The normalized spacial score (nSPS) is 17.4. The lowest BCUT2D eigenvalue weighted by Crippen LogP contribution is -2.30. The number of fused-ring (bicyclic) bond motifs is 1. The minimum atomic E-state index is 0.581. The molecule has 1 fully saturated rings. The highest BCUT2D eigenvalue weighted by molar-refractivity contribution is 5.70. The summed E-state index contributed by atoms with van der Waals surface area (Å²) in [5.74, 6) is 0.637. The zero-order valence-corrected chi connectivity index (χ0v) is 9.65. The standard InChI is InChI=1S/C12H16N4O/c1-2-10-11(14-5-1)16-12(15-10)17-8-9-3-6-13-7-4-9/h1-2,5,9,13H,3-4,6-8H2,(H,14,15,16). The van der Waals surface area contributed by atoms with Crippen LogP contribution >= 0.6 is 0 Å². The molecule has 3 rings (SSSR count). The fourth-order valence-corrected chi connectivity index (χ4v) is 2.14. The Labute approximate surface area is 99.6 Å². The lowest BCUT2D eigenvalue weighted by atomic mass is 9.99. The molecule has 1 saturated heterocycles. The van der Waals surface area contributed by atoms with Gasteiger partial charge in [0.2, 0.25) is 0 Å². The van der Waals surface area contributed by atoms with Crippen LogP contribution in [0.2, 0.25) is 0 Å². The maximum atomic E-state index is 5.70. The van der Waals surface area contributed by atoms with Crippen LogP contribution in [-0.2, 0) is 0 Å². The molecule has 0 spiro atoms. The van der Waals surface area contributed by atoms with Crippen LogP contribution < -0.4 is 10.1 Å². The Hall–Kier alpha value is -1.62. The summed E-state index contributed by atoms with van der Waals surface area (Å²) in [5.41, 5.74) is 1.64. The van der Waals surface area contributed by atoms with Gasteiger partial charge >= 0.3 is 0 Å². The van der Waals surface area contributed by atoms with E-state index >= 15 is 0 Å². The summed E-state index contributed by atoms with van der Waals surface area (Å²) in [7, 11) is 0. The van der Waals surface area contributed by atoms with E-state index in [1.807, 2.05) is 12.1 Å². The molecule has 0 amide bonds. The first-order chi connectivity index (χ1) is 8.42. The Morgan fingerprint density at radius 3 is 3.06 bits per heavy atom. The molecule has 0 aliphatic carbocycles. The monoisotopic (exact) mass is 232 g/mol. The topological polar surface area (TPSA) is 62.8 Å². The van der Waals surface area contributed by atoms with Crippen LogP contribution in [-0.4, -0.2) is 34.6 Å². The maximum absolute atomic E-state index is 5.70. The Kier molecular flexibility index (Phi) is 2.92. The number of nitrogens with zero attached hydrogens (tertiary/aromatic N) is 2. The second-order valence-electron chi connectivity index (χ2n) is 4.42. The number of imidazole rings is 1. The van der Waals surface area contributed by atoms with Gasteiger partial charge in [-0.25, -0.2) is 4.98 Å². The van der Waals surface area contributed by atoms with E-state index in [2.05, 4.69) is 20.3 Å². The van der Waals surface area contributed by atoms with E-state index in [-0.39, 0.29) is 0 Å². The molecule has 0 saturated carbocycles. The summed E-state index contributed by atoms with van der Waals surface area (Å²) >= 11 is 0. The molecule has 2 aromatic rings. The minimum absolute atomic E-state index is 0.581. The van der Waals surface area contributed by atoms with Gasteiger partial charge in [-0.1, -0.05) is 0 Å². The average Bonchev–Trinajstić information content (AvgIpc) is 2.80. The number of rotatable bonds is 3. The molecule has 1 aliphatic heterocycles. The molecule has 5 nitrogen and oxygen atoms in total. The van der Waals surface area contributed by atoms with Gasteiger partial charge in [-0.2, -0.15) is 4.98 Å². The summed E-state index contributed by atoms with van der Waals surface area (Å²) in [6, 6.07) is 4.42. The van der Waals surface area contributed by atoms with E-state index in [0.29, 0.717) is 17.6 Å². The molecule has 0 bridgehead atoms. The average molecular weight is 232 g/mol. The molecule has 0 aromatic carbocycles. The maximum Gasteiger partial charge on any atom is 0.296 e. The molecule has 0 atom stereocenters. The van der Waals surface area contributed by atoms with Crippen LogP contribution in [0.1, 0.15) is 12.8 Å².